The highest BCUT2D eigenvalue weighted by atomic mass is 32.2. The van der Waals surface area contributed by atoms with Crippen LogP contribution in [0.4, 0.5) is 0 Å². The molecule has 2 N–H and O–H groups in total. The van der Waals surface area contributed by atoms with Gasteiger partial charge in [-0.1, -0.05) is 0 Å². The Morgan fingerprint density at radius 2 is 2.07 bits per heavy atom. The maximum absolute atomic E-state index is 11.5. The van der Waals surface area contributed by atoms with E-state index in [2.05, 4.69) is 0 Å². The number of sulfonamides is 1. The van der Waals surface area contributed by atoms with Crippen LogP contribution in [-0.4, -0.2) is 53.3 Å². The number of aliphatic carboxylic acids is 1. The molecule has 1 unspecified atom stereocenters. The zero-order valence-corrected chi connectivity index (χ0v) is 9.33. The van der Waals surface area contributed by atoms with E-state index in [1.165, 1.54) is 0 Å². The van der Waals surface area contributed by atoms with Gasteiger partial charge in [0.05, 0.1) is 12.3 Å². The summed E-state index contributed by atoms with van der Waals surface area (Å²) in [4.78, 5) is 10.6. The molecule has 1 fully saturated rings. The molecule has 0 amide bonds. The molecule has 0 aliphatic carbocycles. The summed E-state index contributed by atoms with van der Waals surface area (Å²) in [6.07, 6.45) is 1.29. The summed E-state index contributed by atoms with van der Waals surface area (Å²) in [6.45, 7) is 0.996. The van der Waals surface area contributed by atoms with Gasteiger partial charge < -0.3 is 10.2 Å². The molecule has 0 spiro atoms. The highest BCUT2D eigenvalue weighted by Gasteiger charge is 2.37. The summed E-state index contributed by atoms with van der Waals surface area (Å²) < 4.78 is 24.1. The maximum Gasteiger partial charge on any atom is 0.336 e. The van der Waals surface area contributed by atoms with E-state index in [4.69, 9.17) is 5.11 Å². The van der Waals surface area contributed by atoms with Crippen molar-refractivity contribution in [3.05, 3.63) is 0 Å². The molecule has 0 aromatic heterocycles. The Labute approximate surface area is 88.6 Å². The Morgan fingerprint density at radius 3 is 2.53 bits per heavy atom. The van der Waals surface area contributed by atoms with Gasteiger partial charge in [-0.3, -0.25) is 0 Å². The van der Waals surface area contributed by atoms with Crippen LogP contribution >= 0.6 is 0 Å². The number of aliphatic hydroxyl groups is 1. The zero-order valence-electron chi connectivity index (χ0n) is 8.51. The SMILES string of the molecule is CC(O)(CN1CCCCS1(=O)=O)C(=O)O. The first kappa shape index (κ1) is 12.4. The summed E-state index contributed by atoms with van der Waals surface area (Å²) in [5, 5.41) is 18.1. The van der Waals surface area contributed by atoms with Crippen molar-refractivity contribution in [2.45, 2.75) is 25.4 Å². The van der Waals surface area contributed by atoms with Gasteiger partial charge in [0.15, 0.2) is 5.60 Å². The molecule has 0 radical (unpaired) electrons. The fourth-order valence-electron chi connectivity index (χ4n) is 1.43. The van der Waals surface area contributed by atoms with Gasteiger partial charge in [0, 0.05) is 6.54 Å². The van der Waals surface area contributed by atoms with Crippen molar-refractivity contribution in [2.24, 2.45) is 0 Å². The van der Waals surface area contributed by atoms with E-state index in [1.807, 2.05) is 0 Å². The van der Waals surface area contributed by atoms with Crippen molar-refractivity contribution in [1.82, 2.24) is 4.31 Å². The van der Waals surface area contributed by atoms with Crippen molar-refractivity contribution in [3.63, 3.8) is 0 Å². The van der Waals surface area contributed by atoms with E-state index in [9.17, 15) is 18.3 Å². The fourth-order valence-corrected chi connectivity index (χ4v) is 3.11. The zero-order chi connectivity index (χ0) is 11.7. The topological polar surface area (TPSA) is 94.9 Å². The van der Waals surface area contributed by atoms with E-state index in [0.717, 1.165) is 11.2 Å². The number of rotatable bonds is 3. The second kappa shape index (κ2) is 4.07. The molecule has 1 atom stereocenters. The second-order valence-corrected chi connectivity index (χ2v) is 6.02. The van der Waals surface area contributed by atoms with E-state index in [0.29, 0.717) is 12.8 Å². The lowest BCUT2D eigenvalue weighted by Crippen LogP contribution is -2.50. The van der Waals surface area contributed by atoms with Crippen molar-refractivity contribution < 1.29 is 23.4 Å². The van der Waals surface area contributed by atoms with Crippen LogP contribution in [0, 0.1) is 0 Å². The highest BCUT2D eigenvalue weighted by Crippen LogP contribution is 2.17. The van der Waals surface area contributed by atoms with Gasteiger partial charge in [-0.15, -0.1) is 0 Å². The van der Waals surface area contributed by atoms with Crippen LogP contribution in [0.1, 0.15) is 19.8 Å². The molecule has 1 heterocycles. The van der Waals surface area contributed by atoms with Crippen molar-refractivity contribution in [2.75, 3.05) is 18.8 Å². The Balaban J connectivity index is 2.77. The third-order valence-electron chi connectivity index (χ3n) is 2.40. The minimum Gasteiger partial charge on any atom is -0.479 e. The van der Waals surface area contributed by atoms with Crippen LogP contribution in [0.5, 0.6) is 0 Å². The average Bonchev–Trinajstić information content (AvgIpc) is 2.08. The third kappa shape index (κ3) is 2.90. The Bertz CT molecular complexity index is 348. The van der Waals surface area contributed by atoms with Gasteiger partial charge in [-0.2, -0.15) is 4.31 Å². The minimum absolute atomic E-state index is 0.0305. The molecule has 1 saturated heterocycles. The lowest BCUT2D eigenvalue weighted by molar-refractivity contribution is -0.157. The van der Waals surface area contributed by atoms with E-state index in [1.54, 1.807) is 0 Å². The van der Waals surface area contributed by atoms with Crippen molar-refractivity contribution in [1.29, 1.82) is 0 Å². The van der Waals surface area contributed by atoms with Crippen LogP contribution in [0.15, 0.2) is 0 Å². The first-order valence-electron chi connectivity index (χ1n) is 4.69. The Kier molecular flexibility index (Phi) is 3.37. The van der Waals surface area contributed by atoms with Crippen LogP contribution in [0.25, 0.3) is 0 Å². The summed E-state index contributed by atoms with van der Waals surface area (Å²) in [5.41, 5.74) is -2.02. The highest BCUT2D eigenvalue weighted by molar-refractivity contribution is 7.89. The number of carboxylic acids is 1. The van der Waals surface area contributed by atoms with Crippen LogP contribution in [-0.2, 0) is 14.8 Å². The van der Waals surface area contributed by atoms with E-state index < -0.39 is 21.6 Å². The Hall–Kier alpha value is -0.660. The number of carboxylic acid groups (broad SMARTS) is 1. The summed E-state index contributed by atoms with van der Waals surface area (Å²) >= 11 is 0. The lowest BCUT2D eigenvalue weighted by atomic mass is 10.1. The monoisotopic (exact) mass is 237 g/mol. The maximum atomic E-state index is 11.5. The van der Waals surface area contributed by atoms with Crippen LogP contribution in [0.2, 0.25) is 0 Å². The molecule has 7 heteroatoms. The molecule has 6 nitrogen and oxygen atoms in total. The molecule has 15 heavy (non-hydrogen) atoms. The number of carbonyl (C=O) groups is 1. The first-order chi connectivity index (χ1) is 6.76. The summed E-state index contributed by atoms with van der Waals surface area (Å²) in [6, 6.07) is 0. The largest absolute Gasteiger partial charge is 0.479 e. The van der Waals surface area contributed by atoms with Crippen molar-refractivity contribution in [3.8, 4) is 0 Å². The lowest BCUT2D eigenvalue weighted by Gasteiger charge is -2.30. The predicted octanol–water partition coefficient (Wildman–Crippen LogP) is -0.752. The number of hydrogen-bond donors (Lipinski definition) is 2. The van der Waals surface area contributed by atoms with Gasteiger partial charge in [0.1, 0.15) is 0 Å². The molecule has 0 saturated carbocycles. The van der Waals surface area contributed by atoms with Crippen LogP contribution < -0.4 is 0 Å². The molecular formula is C8H15NO5S. The van der Waals surface area contributed by atoms with Crippen LogP contribution in [0.3, 0.4) is 0 Å². The number of β-amino-alcohol motifs (C(OH)–C–C–N with tert-alkyl or cyclic N) is 1. The molecule has 88 valence electrons. The Morgan fingerprint density at radius 1 is 1.47 bits per heavy atom. The third-order valence-corrected chi connectivity index (χ3v) is 4.30. The first-order valence-corrected chi connectivity index (χ1v) is 6.30. The normalized spacial score (nSPS) is 25.7. The van der Waals surface area contributed by atoms with Crippen molar-refractivity contribution >= 4 is 16.0 Å². The van der Waals surface area contributed by atoms with E-state index >= 15 is 0 Å². The molecule has 0 bridgehead atoms. The second-order valence-electron chi connectivity index (χ2n) is 3.94. The number of hydrogen-bond acceptors (Lipinski definition) is 4. The van der Waals surface area contributed by atoms with Gasteiger partial charge in [-0.05, 0) is 19.8 Å². The van der Waals surface area contributed by atoms with E-state index in [-0.39, 0.29) is 18.8 Å². The average molecular weight is 237 g/mol. The van der Waals surface area contributed by atoms with Gasteiger partial charge >= 0.3 is 5.97 Å². The molecule has 1 aliphatic rings. The molecule has 1 rings (SSSR count). The molecule has 1 aliphatic heterocycles. The summed E-state index contributed by atoms with van der Waals surface area (Å²) in [7, 11) is -3.38. The predicted molar refractivity (Wildman–Crippen MR) is 52.9 cm³/mol. The molecule has 0 aromatic carbocycles. The standard InChI is InChI=1S/C8H15NO5S/c1-8(12,7(10)11)6-9-4-2-3-5-15(9,13)14/h12H,2-6H2,1H3,(H,10,11). The number of nitrogens with zero attached hydrogens (tertiary/aromatic N) is 1. The smallest absolute Gasteiger partial charge is 0.336 e. The summed E-state index contributed by atoms with van der Waals surface area (Å²) in [5.74, 6) is -1.38. The minimum atomic E-state index is -3.38. The van der Waals surface area contributed by atoms with Gasteiger partial charge in [0.25, 0.3) is 0 Å². The quantitative estimate of drug-likeness (QED) is 0.673. The van der Waals surface area contributed by atoms with Gasteiger partial charge in [0.2, 0.25) is 10.0 Å². The molecular weight excluding hydrogens is 222 g/mol. The van der Waals surface area contributed by atoms with Gasteiger partial charge in [-0.25, -0.2) is 13.2 Å². The fraction of sp³-hybridized carbons (Fsp3) is 0.875. The molecule has 0 aromatic rings.